The second kappa shape index (κ2) is 5.37. The minimum atomic E-state index is 0.529. The van der Waals surface area contributed by atoms with Gasteiger partial charge in [-0.2, -0.15) is 12.6 Å². The van der Waals surface area contributed by atoms with Crippen LogP contribution in [0.4, 0.5) is 0 Å². The molecule has 0 saturated carbocycles. The van der Waals surface area contributed by atoms with Crippen molar-refractivity contribution in [1.82, 2.24) is 4.98 Å². The van der Waals surface area contributed by atoms with Gasteiger partial charge in [0.15, 0.2) is 0 Å². The van der Waals surface area contributed by atoms with E-state index in [4.69, 9.17) is 4.74 Å². The fourth-order valence-corrected chi connectivity index (χ4v) is 2.24. The molecule has 4 heteroatoms. The summed E-state index contributed by atoms with van der Waals surface area (Å²) in [7, 11) is 0. The van der Waals surface area contributed by atoms with Gasteiger partial charge in [0.1, 0.15) is 17.4 Å². The summed E-state index contributed by atoms with van der Waals surface area (Å²) in [5.41, 5.74) is 1.24. The van der Waals surface area contributed by atoms with Crippen molar-refractivity contribution in [3.05, 3.63) is 45.9 Å². The molecule has 0 fully saturated rings. The number of aryl methyl sites for hydroxylation is 1. The van der Waals surface area contributed by atoms with Crippen molar-refractivity contribution < 1.29 is 4.74 Å². The standard InChI is InChI=1S/C12H13NOS2/c1-9-2-4-10(5-3-9)14-7-12-13-6-11(8-15)16-12/h2-6,15H,7-8H2,1H3. The van der Waals surface area contributed by atoms with Crippen molar-refractivity contribution in [3.63, 3.8) is 0 Å². The lowest BCUT2D eigenvalue weighted by atomic mass is 10.2. The molecule has 0 saturated heterocycles. The average Bonchev–Trinajstić information content (AvgIpc) is 2.76. The molecule has 2 rings (SSSR count). The third kappa shape index (κ3) is 3.00. The summed E-state index contributed by atoms with van der Waals surface area (Å²) in [5, 5.41) is 0.990. The highest BCUT2D eigenvalue weighted by molar-refractivity contribution is 7.79. The van der Waals surface area contributed by atoms with Crippen LogP contribution >= 0.6 is 24.0 Å². The van der Waals surface area contributed by atoms with Gasteiger partial charge in [-0.1, -0.05) is 17.7 Å². The van der Waals surface area contributed by atoms with E-state index < -0.39 is 0 Å². The van der Waals surface area contributed by atoms with Crippen molar-refractivity contribution in [3.8, 4) is 5.75 Å². The maximum atomic E-state index is 5.63. The molecule has 84 valence electrons. The zero-order valence-electron chi connectivity index (χ0n) is 9.01. The lowest BCUT2D eigenvalue weighted by Gasteiger charge is -2.03. The van der Waals surface area contributed by atoms with Crippen LogP contribution in [0.1, 0.15) is 15.4 Å². The first-order valence-corrected chi connectivity index (χ1v) is 6.47. The number of nitrogens with zero attached hydrogens (tertiary/aromatic N) is 1. The third-order valence-corrected chi connectivity index (χ3v) is 3.67. The number of ether oxygens (including phenoxy) is 1. The largest absolute Gasteiger partial charge is 0.486 e. The zero-order chi connectivity index (χ0) is 11.4. The molecule has 0 unspecified atom stereocenters. The van der Waals surface area contributed by atoms with E-state index in [0.29, 0.717) is 6.61 Å². The molecule has 0 N–H and O–H groups in total. The first-order chi connectivity index (χ1) is 7.78. The summed E-state index contributed by atoms with van der Waals surface area (Å²) in [5.74, 6) is 1.62. The first kappa shape index (κ1) is 11.5. The Bertz CT molecular complexity index is 450. The van der Waals surface area contributed by atoms with Crippen molar-refractivity contribution in [2.24, 2.45) is 0 Å². The Labute approximate surface area is 105 Å². The van der Waals surface area contributed by atoms with Crippen molar-refractivity contribution in [2.75, 3.05) is 0 Å². The maximum absolute atomic E-state index is 5.63. The second-order valence-electron chi connectivity index (χ2n) is 3.48. The molecule has 0 bridgehead atoms. The predicted molar refractivity (Wildman–Crippen MR) is 70.3 cm³/mol. The number of thiol groups is 1. The summed E-state index contributed by atoms with van der Waals surface area (Å²) in [4.78, 5) is 5.44. The van der Waals surface area contributed by atoms with E-state index in [9.17, 15) is 0 Å². The first-order valence-electron chi connectivity index (χ1n) is 5.02. The molecule has 2 nitrogen and oxygen atoms in total. The Morgan fingerprint density at radius 2 is 2.06 bits per heavy atom. The van der Waals surface area contributed by atoms with Crippen LogP contribution < -0.4 is 4.74 Å². The summed E-state index contributed by atoms with van der Waals surface area (Å²) in [6.07, 6.45) is 1.85. The molecule has 1 aromatic heterocycles. The number of hydrogen-bond donors (Lipinski definition) is 1. The molecule has 0 atom stereocenters. The summed E-state index contributed by atoms with van der Waals surface area (Å²) in [6.45, 7) is 2.59. The van der Waals surface area contributed by atoms with Gasteiger partial charge in [-0.15, -0.1) is 11.3 Å². The summed E-state index contributed by atoms with van der Waals surface area (Å²) >= 11 is 5.85. The molecule has 0 aliphatic heterocycles. The molecular weight excluding hydrogens is 238 g/mol. The van der Waals surface area contributed by atoms with E-state index in [2.05, 4.69) is 24.5 Å². The highest BCUT2D eigenvalue weighted by atomic mass is 32.1. The Morgan fingerprint density at radius 1 is 1.31 bits per heavy atom. The minimum absolute atomic E-state index is 0.529. The fraction of sp³-hybridized carbons (Fsp3) is 0.250. The van der Waals surface area contributed by atoms with E-state index in [1.807, 2.05) is 30.5 Å². The van der Waals surface area contributed by atoms with Crippen molar-refractivity contribution in [1.29, 1.82) is 0 Å². The fourth-order valence-electron chi connectivity index (χ4n) is 1.27. The smallest absolute Gasteiger partial charge is 0.140 e. The Hall–Kier alpha value is -1.00. The van der Waals surface area contributed by atoms with E-state index >= 15 is 0 Å². The number of thiazole rings is 1. The Morgan fingerprint density at radius 3 is 2.69 bits per heavy atom. The van der Waals surface area contributed by atoms with Crippen molar-refractivity contribution >= 4 is 24.0 Å². The van der Waals surface area contributed by atoms with Gasteiger partial charge in [-0.05, 0) is 19.1 Å². The number of aromatic nitrogens is 1. The molecule has 0 aliphatic rings. The van der Waals surface area contributed by atoms with Crippen LogP contribution in [0.15, 0.2) is 30.5 Å². The van der Waals surface area contributed by atoms with Gasteiger partial charge in [-0.25, -0.2) is 4.98 Å². The van der Waals surface area contributed by atoms with Gasteiger partial charge < -0.3 is 4.74 Å². The van der Waals surface area contributed by atoms with E-state index in [-0.39, 0.29) is 0 Å². The van der Waals surface area contributed by atoms with Gasteiger partial charge in [0.25, 0.3) is 0 Å². The van der Waals surface area contributed by atoms with Crippen LogP contribution in [-0.4, -0.2) is 4.98 Å². The highest BCUT2D eigenvalue weighted by Crippen LogP contribution is 2.18. The molecule has 0 amide bonds. The molecule has 0 aliphatic carbocycles. The normalized spacial score (nSPS) is 10.4. The summed E-state index contributed by atoms with van der Waals surface area (Å²) in [6, 6.07) is 8.03. The van der Waals surface area contributed by atoms with Gasteiger partial charge in [0, 0.05) is 16.8 Å². The van der Waals surface area contributed by atoms with Gasteiger partial charge in [0.2, 0.25) is 0 Å². The van der Waals surface area contributed by atoms with Gasteiger partial charge in [0.05, 0.1) is 0 Å². The number of hydrogen-bond acceptors (Lipinski definition) is 4. The van der Waals surface area contributed by atoms with Gasteiger partial charge >= 0.3 is 0 Å². The molecule has 1 heterocycles. The lowest BCUT2D eigenvalue weighted by molar-refractivity contribution is 0.305. The molecular formula is C12H13NOS2. The van der Waals surface area contributed by atoms with E-state index in [0.717, 1.165) is 16.5 Å². The minimum Gasteiger partial charge on any atom is -0.486 e. The maximum Gasteiger partial charge on any atom is 0.140 e. The second-order valence-corrected chi connectivity index (χ2v) is 5.00. The third-order valence-electron chi connectivity index (χ3n) is 2.14. The van der Waals surface area contributed by atoms with E-state index in [1.165, 1.54) is 10.4 Å². The van der Waals surface area contributed by atoms with E-state index in [1.54, 1.807) is 11.3 Å². The zero-order valence-corrected chi connectivity index (χ0v) is 10.7. The lowest BCUT2D eigenvalue weighted by Crippen LogP contribution is -1.93. The number of benzene rings is 1. The van der Waals surface area contributed by atoms with Crippen molar-refractivity contribution in [2.45, 2.75) is 19.3 Å². The van der Waals surface area contributed by atoms with Crippen LogP contribution in [0.5, 0.6) is 5.75 Å². The van der Waals surface area contributed by atoms with Crippen LogP contribution in [0.3, 0.4) is 0 Å². The Kier molecular flexibility index (Phi) is 3.85. The topological polar surface area (TPSA) is 22.1 Å². The van der Waals surface area contributed by atoms with Crippen LogP contribution in [0.25, 0.3) is 0 Å². The van der Waals surface area contributed by atoms with Crippen LogP contribution in [-0.2, 0) is 12.4 Å². The van der Waals surface area contributed by atoms with Crippen LogP contribution in [0.2, 0.25) is 0 Å². The van der Waals surface area contributed by atoms with Crippen LogP contribution in [0, 0.1) is 6.92 Å². The highest BCUT2D eigenvalue weighted by Gasteiger charge is 2.01. The molecule has 16 heavy (non-hydrogen) atoms. The SMILES string of the molecule is Cc1ccc(OCc2ncc(CS)s2)cc1. The number of rotatable bonds is 4. The molecule has 0 spiro atoms. The summed E-state index contributed by atoms with van der Waals surface area (Å²) < 4.78 is 5.63. The predicted octanol–water partition coefficient (Wildman–Crippen LogP) is 3.46. The molecule has 2 aromatic rings. The molecule has 0 radical (unpaired) electrons. The van der Waals surface area contributed by atoms with Gasteiger partial charge in [-0.3, -0.25) is 0 Å². The Balaban J connectivity index is 1.94. The quantitative estimate of drug-likeness (QED) is 0.841. The molecule has 1 aromatic carbocycles. The monoisotopic (exact) mass is 251 g/mol. The average molecular weight is 251 g/mol.